The lowest BCUT2D eigenvalue weighted by Crippen LogP contribution is -2.20. The molecule has 0 fully saturated rings. The van der Waals surface area contributed by atoms with E-state index in [0.717, 1.165) is 21.6 Å². The molecule has 3 aromatic rings. The number of hydrogen-bond donors (Lipinski definition) is 1. The van der Waals surface area contributed by atoms with Crippen molar-refractivity contribution in [1.29, 1.82) is 0 Å². The molecule has 0 saturated carbocycles. The van der Waals surface area contributed by atoms with Gasteiger partial charge in [-0.15, -0.1) is 11.3 Å². The lowest BCUT2D eigenvalue weighted by molar-refractivity contribution is 0.512. The fourth-order valence-corrected chi connectivity index (χ4v) is 3.44. The summed E-state index contributed by atoms with van der Waals surface area (Å²) in [6.07, 6.45) is 1.56. The predicted octanol–water partition coefficient (Wildman–Crippen LogP) is 4.10. The molecule has 2 aromatic heterocycles. The molecule has 0 aliphatic heterocycles. The summed E-state index contributed by atoms with van der Waals surface area (Å²) in [5, 5.41) is 3.13. The van der Waals surface area contributed by atoms with E-state index in [4.69, 9.17) is 4.42 Å². The second-order valence-electron chi connectivity index (χ2n) is 4.82. The van der Waals surface area contributed by atoms with Gasteiger partial charge < -0.3 is 4.42 Å². The molecule has 0 atom stereocenters. The van der Waals surface area contributed by atoms with Gasteiger partial charge >= 0.3 is 0 Å². The highest BCUT2D eigenvalue weighted by atomic mass is 32.2. The molecule has 23 heavy (non-hydrogen) atoms. The van der Waals surface area contributed by atoms with Gasteiger partial charge in [0.15, 0.2) is 0 Å². The van der Waals surface area contributed by atoms with Gasteiger partial charge in [-0.05, 0) is 35.2 Å². The first-order valence-corrected chi connectivity index (χ1v) is 9.40. The third kappa shape index (κ3) is 4.41. The molecular weight excluding hydrogens is 330 g/mol. The summed E-state index contributed by atoms with van der Waals surface area (Å²) in [7, 11) is -3.51. The molecule has 0 spiro atoms. The van der Waals surface area contributed by atoms with E-state index >= 15 is 0 Å². The van der Waals surface area contributed by atoms with Gasteiger partial charge in [-0.25, -0.2) is 13.1 Å². The fraction of sp³-hybridized carbons (Fsp3) is 0.0588. The van der Waals surface area contributed by atoms with Crippen molar-refractivity contribution < 1.29 is 12.8 Å². The minimum absolute atomic E-state index is 0.118. The van der Waals surface area contributed by atoms with E-state index in [9.17, 15) is 8.42 Å². The zero-order valence-corrected chi connectivity index (χ0v) is 13.8. The van der Waals surface area contributed by atoms with E-state index in [1.54, 1.807) is 23.5 Å². The molecule has 0 aliphatic rings. The Morgan fingerprint density at radius 3 is 2.61 bits per heavy atom. The zero-order chi connectivity index (χ0) is 16.1. The number of nitrogens with one attached hydrogen (secondary N) is 1. The van der Waals surface area contributed by atoms with Gasteiger partial charge in [0.1, 0.15) is 11.5 Å². The lowest BCUT2D eigenvalue weighted by atomic mass is 10.2. The molecule has 1 aromatic carbocycles. The second-order valence-corrected chi connectivity index (χ2v) is 7.42. The molecule has 6 heteroatoms. The fourth-order valence-electron chi connectivity index (χ4n) is 1.98. The maximum Gasteiger partial charge on any atom is 0.234 e. The van der Waals surface area contributed by atoms with Crippen molar-refractivity contribution in [3.63, 3.8) is 0 Å². The number of thiophene rings is 1. The highest BCUT2D eigenvalue weighted by molar-refractivity contribution is 7.92. The van der Waals surface area contributed by atoms with Crippen LogP contribution < -0.4 is 4.72 Å². The van der Waals surface area contributed by atoms with Gasteiger partial charge in [-0.1, -0.05) is 36.4 Å². The van der Waals surface area contributed by atoms with Crippen molar-refractivity contribution in [2.45, 2.75) is 6.54 Å². The van der Waals surface area contributed by atoms with Crippen LogP contribution in [-0.2, 0) is 16.6 Å². The number of benzene rings is 1. The first-order chi connectivity index (χ1) is 11.1. The van der Waals surface area contributed by atoms with Crippen LogP contribution in [-0.4, -0.2) is 8.42 Å². The molecule has 0 amide bonds. The third-order valence-electron chi connectivity index (χ3n) is 3.11. The molecule has 118 valence electrons. The first kappa shape index (κ1) is 15.7. The molecule has 1 N–H and O–H groups in total. The van der Waals surface area contributed by atoms with Gasteiger partial charge in [-0.2, -0.15) is 0 Å². The topological polar surface area (TPSA) is 59.3 Å². The van der Waals surface area contributed by atoms with Crippen LogP contribution in [0.15, 0.2) is 69.8 Å². The summed E-state index contributed by atoms with van der Waals surface area (Å²) >= 11 is 1.58. The van der Waals surface area contributed by atoms with Crippen molar-refractivity contribution in [3.8, 4) is 10.6 Å². The van der Waals surface area contributed by atoms with Crippen LogP contribution in [0.4, 0.5) is 0 Å². The summed E-state index contributed by atoms with van der Waals surface area (Å²) in [5.41, 5.74) is 0.829. The normalized spacial score (nSPS) is 12.0. The standard InChI is InChI=1S/C17H15NO3S2/c19-23(20,12-10-14-5-2-1-3-6-14)18-13-15-8-9-16(21-15)17-7-4-11-22-17/h1-12,18H,13H2/b12-10+. The molecular formula is C17H15NO3S2. The number of furan rings is 1. The van der Waals surface area contributed by atoms with Crippen LogP contribution in [0.5, 0.6) is 0 Å². The highest BCUT2D eigenvalue weighted by Gasteiger charge is 2.09. The van der Waals surface area contributed by atoms with Crippen molar-refractivity contribution in [1.82, 2.24) is 4.72 Å². The van der Waals surface area contributed by atoms with Crippen molar-refractivity contribution in [2.75, 3.05) is 0 Å². The zero-order valence-electron chi connectivity index (χ0n) is 12.2. The quantitative estimate of drug-likeness (QED) is 0.732. The third-order valence-corrected chi connectivity index (χ3v) is 5.04. The average molecular weight is 345 g/mol. The van der Waals surface area contributed by atoms with Crippen LogP contribution in [0.2, 0.25) is 0 Å². The van der Waals surface area contributed by atoms with Crippen LogP contribution in [0, 0.1) is 0 Å². The Balaban J connectivity index is 1.62. The number of hydrogen-bond acceptors (Lipinski definition) is 4. The molecule has 0 bridgehead atoms. The van der Waals surface area contributed by atoms with Crippen LogP contribution in [0.3, 0.4) is 0 Å². The molecule has 0 aliphatic carbocycles. The molecule has 4 nitrogen and oxygen atoms in total. The summed E-state index contributed by atoms with van der Waals surface area (Å²) in [4.78, 5) is 1.02. The summed E-state index contributed by atoms with van der Waals surface area (Å²) < 4.78 is 32.1. The molecule has 0 radical (unpaired) electrons. The largest absolute Gasteiger partial charge is 0.459 e. The predicted molar refractivity (Wildman–Crippen MR) is 93.3 cm³/mol. The average Bonchev–Trinajstić information content (AvgIpc) is 3.23. The Morgan fingerprint density at radius 2 is 1.87 bits per heavy atom. The van der Waals surface area contributed by atoms with Crippen LogP contribution in [0.25, 0.3) is 16.7 Å². The molecule has 0 saturated heterocycles. The number of sulfonamides is 1. The Bertz CT molecular complexity index is 879. The Hall–Kier alpha value is -2.15. The van der Waals surface area contributed by atoms with Crippen molar-refractivity contribution in [2.24, 2.45) is 0 Å². The van der Waals surface area contributed by atoms with Crippen molar-refractivity contribution in [3.05, 3.63) is 76.7 Å². The van der Waals surface area contributed by atoms with Gasteiger partial charge in [0.05, 0.1) is 11.4 Å². The van der Waals surface area contributed by atoms with Gasteiger partial charge in [0.25, 0.3) is 0 Å². The Kier molecular flexibility index (Phi) is 4.76. The van der Waals surface area contributed by atoms with Crippen molar-refractivity contribution >= 4 is 27.4 Å². The maximum atomic E-state index is 12.0. The van der Waals surface area contributed by atoms with Gasteiger partial charge in [-0.3, -0.25) is 0 Å². The smallest absolute Gasteiger partial charge is 0.234 e. The monoisotopic (exact) mass is 345 g/mol. The van der Waals surface area contributed by atoms with Gasteiger partial charge in [0, 0.05) is 5.41 Å². The summed E-state index contributed by atoms with van der Waals surface area (Å²) in [6.45, 7) is 0.118. The van der Waals surface area contributed by atoms with Gasteiger partial charge in [0.2, 0.25) is 10.0 Å². The van der Waals surface area contributed by atoms with E-state index < -0.39 is 10.0 Å². The van der Waals surface area contributed by atoms with Crippen LogP contribution >= 0.6 is 11.3 Å². The van der Waals surface area contributed by atoms with E-state index in [1.807, 2.05) is 53.9 Å². The van der Waals surface area contributed by atoms with Crippen LogP contribution in [0.1, 0.15) is 11.3 Å². The minimum Gasteiger partial charge on any atom is -0.459 e. The maximum absolute atomic E-state index is 12.0. The summed E-state index contributed by atoms with van der Waals surface area (Å²) in [5.74, 6) is 1.32. The van der Waals surface area contributed by atoms with E-state index in [0.29, 0.717) is 5.76 Å². The Morgan fingerprint density at radius 1 is 1.04 bits per heavy atom. The lowest BCUT2D eigenvalue weighted by Gasteiger charge is -2.00. The summed E-state index contributed by atoms with van der Waals surface area (Å²) in [6, 6.07) is 16.8. The Labute approximate surface area is 139 Å². The number of rotatable bonds is 6. The molecule has 3 rings (SSSR count). The molecule has 2 heterocycles. The minimum atomic E-state index is -3.51. The van der Waals surface area contributed by atoms with E-state index in [2.05, 4.69) is 4.72 Å². The second kappa shape index (κ2) is 6.95. The van der Waals surface area contributed by atoms with E-state index in [1.165, 1.54) is 0 Å². The SMILES string of the molecule is O=S(=O)(/C=C/c1ccccc1)NCc1ccc(-c2cccs2)o1. The molecule has 0 unspecified atom stereocenters. The highest BCUT2D eigenvalue weighted by Crippen LogP contribution is 2.26. The van der Waals surface area contributed by atoms with E-state index in [-0.39, 0.29) is 6.54 Å². The first-order valence-electron chi connectivity index (χ1n) is 6.98.